The molecule has 0 radical (unpaired) electrons. The number of fused-ring (bicyclic) bond motifs is 2. The molecule has 0 unspecified atom stereocenters. The first kappa shape index (κ1) is 97.8. The molecule has 0 spiro atoms. The number of ether oxygens (including phenoxy) is 2. The fraction of sp³-hybridized carbons (Fsp3) is 0.119. The second-order valence-electron chi connectivity index (χ2n) is 24.8. The van der Waals surface area contributed by atoms with E-state index in [4.69, 9.17) is 51.0 Å². The topological polar surface area (TPSA) is 511 Å². The van der Waals surface area contributed by atoms with E-state index in [2.05, 4.69) is 111 Å². The van der Waals surface area contributed by atoms with E-state index in [1.807, 2.05) is 71.1 Å². The van der Waals surface area contributed by atoms with Gasteiger partial charge in [-0.05, 0) is 224 Å². The van der Waals surface area contributed by atoms with Crippen molar-refractivity contribution in [2.75, 3.05) is 24.2 Å². The highest BCUT2D eigenvalue weighted by molar-refractivity contribution is 9.11. The number of hydrogen-bond donors (Lipinski definition) is 12. The van der Waals surface area contributed by atoms with Gasteiger partial charge in [0.2, 0.25) is 0 Å². The van der Waals surface area contributed by atoms with Crippen LogP contribution in [0.4, 0.5) is 22.9 Å². The maximum atomic E-state index is 12.3. The molecule has 13 N–H and O–H groups in total. The summed E-state index contributed by atoms with van der Waals surface area (Å²) in [7, 11) is -0.568. The van der Waals surface area contributed by atoms with E-state index >= 15 is 0 Å². The fourth-order valence-corrected chi connectivity index (χ4v) is 15.0. The number of nitrogens with one attached hydrogen (secondary N) is 1. The second-order valence-corrected chi connectivity index (χ2v) is 32.3. The number of thioether (sulfide) groups is 1. The number of aryl methyl sites for hydroxylation is 4. The number of pyridine rings is 3. The number of aromatic nitrogens is 5. The highest BCUT2D eigenvalue weighted by Crippen LogP contribution is 2.38. The van der Waals surface area contributed by atoms with Gasteiger partial charge in [0, 0.05) is 71.8 Å². The number of anilines is 2. The van der Waals surface area contributed by atoms with Gasteiger partial charge in [0.05, 0.1) is 73.4 Å². The van der Waals surface area contributed by atoms with Crippen molar-refractivity contribution >= 4 is 189 Å². The Balaban J connectivity index is 0.000000221. The lowest BCUT2D eigenvalue weighted by Crippen LogP contribution is -2.13. The number of sulfonamides is 1. The molecule has 0 atom stereocenters. The molecular formula is C84H75Br4N9O22S3. The Labute approximate surface area is 738 Å². The second kappa shape index (κ2) is 47.7. The van der Waals surface area contributed by atoms with Crippen LogP contribution in [-0.4, -0.2) is 151 Å². The summed E-state index contributed by atoms with van der Waals surface area (Å²) in [6.07, 6.45) is 7.34. The first-order valence-electron chi connectivity index (χ1n) is 35.2. The van der Waals surface area contributed by atoms with E-state index < -0.39 is 57.8 Å². The number of azo groups is 1. The van der Waals surface area contributed by atoms with Crippen molar-refractivity contribution in [3.05, 3.63) is 303 Å². The van der Waals surface area contributed by atoms with Crippen molar-refractivity contribution in [1.82, 2.24) is 24.7 Å². The van der Waals surface area contributed by atoms with Crippen LogP contribution in [0.3, 0.4) is 0 Å². The fourth-order valence-electron chi connectivity index (χ4n) is 10.1. The number of nitrogen functional groups attached to an aromatic ring is 1. The Morgan fingerprint density at radius 3 is 1.74 bits per heavy atom. The average Bonchev–Trinajstić information content (AvgIpc) is 1.61. The van der Waals surface area contributed by atoms with Crippen LogP contribution in [0.1, 0.15) is 120 Å². The van der Waals surface area contributed by atoms with Crippen LogP contribution in [-0.2, 0) is 29.9 Å². The lowest BCUT2D eigenvalue weighted by Gasteiger charge is -2.10. The summed E-state index contributed by atoms with van der Waals surface area (Å²) in [5, 5.41) is 108. The van der Waals surface area contributed by atoms with Gasteiger partial charge in [0.1, 0.15) is 45.5 Å². The first-order chi connectivity index (χ1) is 57.8. The molecule has 0 saturated heterocycles. The summed E-state index contributed by atoms with van der Waals surface area (Å²) in [5.41, 5.74) is 11.2. The minimum atomic E-state index is -3.79. The molecule has 0 aliphatic carbocycles. The SMILES string of the molecule is CCOc1ccc(C(=O)O)cc1.COc1ccc(N)cc1C(=O)O.Cc1nn(C)c2ncc(C(=O)O)c(SC(C)C)c12.O=C(O)c1cc(N=Nc2ccc(S(=O)(=O)Nc3ccccn3)cc2)ccc1O.O=C(O)c1cc2cc(Br)ccc2c(Br)c1O.O=C(O)c1ccccc1CCc1ccccc1.O=C(O)c1cncc(Br)c1.O=C(O)c1cscc1Br. The van der Waals surface area contributed by atoms with Crippen molar-refractivity contribution in [3.8, 4) is 23.0 Å². The van der Waals surface area contributed by atoms with Crippen LogP contribution in [0.25, 0.3) is 21.8 Å². The Bertz CT molecular complexity index is 6010. The molecule has 5 aromatic heterocycles. The summed E-state index contributed by atoms with van der Waals surface area (Å²) in [5.74, 6) is -7.46. The Kier molecular flexibility index (Phi) is 38.3. The van der Waals surface area contributed by atoms with Crippen molar-refractivity contribution < 1.29 is 107 Å². The molecule has 634 valence electrons. The number of carboxylic acid groups (broad SMARTS) is 8. The van der Waals surface area contributed by atoms with Crippen LogP contribution >= 0.6 is 86.8 Å². The van der Waals surface area contributed by atoms with E-state index in [9.17, 15) is 62.1 Å². The zero-order valence-electron chi connectivity index (χ0n) is 64.9. The Hall–Kier alpha value is -13.0. The van der Waals surface area contributed by atoms with Gasteiger partial charge < -0.3 is 66.3 Å². The third-order valence-corrected chi connectivity index (χ3v) is 21.7. The van der Waals surface area contributed by atoms with Crippen LogP contribution in [0.2, 0.25) is 0 Å². The molecule has 0 amide bonds. The van der Waals surface area contributed by atoms with Gasteiger partial charge in [-0.1, -0.05) is 90.4 Å². The monoisotopic (exact) mass is 1970 g/mol. The summed E-state index contributed by atoms with van der Waals surface area (Å²) in [6.45, 7) is 8.42. The van der Waals surface area contributed by atoms with Gasteiger partial charge in [-0.15, -0.1) is 11.8 Å². The van der Waals surface area contributed by atoms with Gasteiger partial charge in [-0.2, -0.15) is 26.7 Å². The van der Waals surface area contributed by atoms with Gasteiger partial charge in [0.15, 0.2) is 5.65 Å². The van der Waals surface area contributed by atoms with Gasteiger partial charge in [0.25, 0.3) is 10.0 Å². The molecule has 13 aromatic rings. The number of halogens is 4. The van der Waals surface area contributed by atoms with Gasteiger partial charge in [-0.3, -0.25) is 14.4 Å². The molecule has 122 heavy (non-hydrogen) atoms. The standard InChI is InChI=1S/C18H14N4O5S.C15H14O2.C12H15N3O2S.C11H6Br2O3.C9H10O3.C8H9NO3.C6H4BrNO2.C5H3BrO2S/c23-16-9-6-13(11-15(16)18(24)25)21-20-12-4-7-14(8-5-12)28(26,27)22-17-3-1-2-10-19-17;16-15(17)14-9-5-4-8-13(14)11-10-12-6-2-1-3-7-12;1-6(2)18-10-8(12(16)17)5-13-11-9(10)7(3)14-15(11)4;12-6-1-2-7-5(3-6)4-8(11(15)16)10(14)9(7)13;1-2-12-8-5-3-7(4-6-8)9(10)11;1-12-7-3-2-5(9)4-6(7)8(10)11;7-5-1-4(6(9)10)2-8-3-5;6-4-2-9-1-3(4)5(7)8/h1-11,23H,(H,19,22)(H,24,25);1-9H,10-11H2,(H,16,17);5-6H,1-4H3,(H,16,17);1-4,14H,(H,15,16);3-6H,2H2,1H3,(H,10,11);2-4H,9H2,1H3,(H,10,11);1-3H,(H,9,10);1-2H,(H,7,8). The largest absolute Gasteiger partial charge is 0.507 e. The number of nitrogens with two attached hydrogens (primary N) is 1. The maximum absolute atomic E-state index is 12.3. The maximum Gasteiger partial charge on any atom is 0.339 e. The number of phenols is 2. The minimum absolute atomic E-state index is 0.0231. The number of carboxylic acids is 8. The third kappa shape index (κ3) is 30.1. The Morgan fingerprint density at radius 1 is 0.582 bits per heavy atom. The Morgan fingerprint density at radius 2 is 1.19 bits per heavy atom. The molecule has 5 heterocycles. The summed E-state index contributed by atoms with van der Waals surface area (Å²) in [4.78, 5) is 98.4. The number of aromatic hydroxyl groups is 2. The average molecular weight is 1980 g/mol. The van der Waals surface area contributed by atoms with E-state index in [1.54, 1.807) is 70.0 Å². The van der Waals surface area contributed by atoms with Crippen molar-refractivity contribution in [2.45, 2.75) is 55.6 Å². The number of aromatic carboxylic acids is 8. The zero-order valence-corrected chi connectivity index (χ0v) is 73.7. The van der Waals surface area contributed by atoms with Crippen molar-refractivity contribution in [3.63, 3.8) is 0 Å². The lowest BCUT2D eigenvalue weighted by atomic mass is 10.00. The zero-order chi connectivity index (χ0) is 90.1. The smallest absolute Gasteiger partial charge is 0.339 e. The highest BCUT2D eigenvalue weighted by atomic mass is 79.9. The number of thiophene rings is 1. The van der Waals surface area contributed by atoms with Crippen LogP contribution in [0.15, 0.2) is 262 Å². The van der Waals surface area contributed by atoms with Crippen LogP contribution in [0, 0.1) is 6.92 Å². The highest BCUT2D eigenvalue weighted by Gasteiger charge is 2.22. The molecular weight excluding hydrogens is 1900 g/mol. The molecule has 13 rings (SSSR count). The number of nitrogens with zero attached hydrogens (tertiary/aromatic N) is 7. The molecule has 0 fully saturated rings. The number of rotatable bonds is 21. The van der Waals surface area contributed by atoms with Gasteiger partial charge in [-0.25, -0.2) is 56.7 Å². The predicted octanol–water partition coefficient (Wildman–Crippen LogP) is 19.6. The minimum Gasteiger partial charge on any atom is -0.507 e. The van der Waals surface area contributed by atoms with E-state index in [0.29, 0.717) is 59.3 Å². The first-order valence-corrected chi connectivity index (χ1v) is 41.7. The van der Waals surface area contributed by atoms with Gasteiger partial charge >= 0.3 is 47.8 Å². The van der Waals surface area contributed by atoms with E-state index in [0.717, 1.165) is 55.3 Å². The van der Waals surface area contributed by atoms with Crippen LogP contribution in [0.5, 0.6) is 23.0 Å². The quantitative estimate of drug-likeness (QED) is 0.0181. The molecule has 8 aromatic carbocycles. The van der Waals surface area contributed by atoms with Crippen LogP contribution < -0.4 is 19.9 Å². The normalized spacial score (nSPS) is 10.4. The molecule has 31 nitrogen and oxygen atoms in total. The number of carbonyl (C=O) groups is 8. The number of methoxy groups -OCH3 is 1. The lowest BCUT2D eigenvalue weighted by molar-refractivity contribution is 0.0682. The van der Waals surface area contributed by atoms with Crippen molar-refractivity contribution in [2.24, 2.45) is 17.3 Å². The summed E-state index contributed by atoms with van der Waals surface area (Å²) in [6, 6.07) is 50.7. The molecule has 38 heteroatoms. The molecule has 0 bridgehead atoms. The number of hydrogen-bond acceptors (Lipinski definition) is 23. The molecule has 0 aliphatic rings. The summed E-state index contributed by atoms with van der Waals surface area (Å²) >= 11 is 15.6. The summed E-state index contributed by atoms with van der Waals surface area (Å²) < 4.78 is 41.3. The van der Waals surface area contributed by atoms with E-state index in [-0.39, 0.29) is 61.3 Å². The van der Waals surface area contributed by atoms with Crippen molar-refractivity contribution in [1.29, 1.82) is 0 Å². The van der Waals surface area contributed by atoms with E-state index in [1.165, 1.54) is 145 Å². The molecule has 0 saturated carbocycles. The molecule has 0 aliphatic heterocycles. The number of benzene rings is 8. The third-order valence-electron chi connectivity index (χ3n) is 15.8. The predicted molar refractivity (Wildman–Crippen MR) is 474 cm³/mol.